The van der Waals surface area contributed by atoms with Gasteiger partial charge in [-0.15, -0.1) is 0 Å². The molecule has 0 bridgehead atoms. The zero-order valence-corrected chi connectivity index (χ0v) is 8.96. The fourth-order valence-corrected chi connectivity index (χ4v) is 1.18. The third-order valence-corrected chi connectivity index (χ3v) is 1.96. The molecule has 1 rings (SSSR count). The number of hydrogen-bond donors (Lipinski definition) is 1. The van der Waals surface area contributed by atoms with Crippen LogP contribution < -0.4 is 15.0 Å². The minimum absolute atomic E-state index is 0.267. The lowest BCUT2D eigenvalue weighted by Gasteiger charge is -2.10. The molecule has 0 aliphatic heterocycles. The Hall–Kier alpha value is -1.33. The minimum atomic E-state index is -0.364. The van der Waals surface area contributed by atoms with Gasteiger partial charge in [0, 0.05) is 18.2 Å². The maximum Gasteiger partial charge on any atom is 0.163 e. The SMILES string of the molecule is CONCc1cc(OC)c(OC)cc1F. The predicted molar refractivity (Wildman–Crippen MR) is 53.4 cm³/mol. The van der Waals surface area contributed by atoms with Crippen molar-refractivity contribution >= 4 is 0 Å². The molecule has 0 atom stereocenters. The number of methoxy groups -OCH3 is 2. The van der Waals surface area contributed by atoms with E-state index >= 15 is 0 Å². The molecule has 0 aromatic heterocycles. The molecule has 0 aliphatic rings. The van der Waals surface area contributed by atoms with Crippen LogP contribution in [0.1, 0.15) is 5.56 Å². The van der Waals surface area contributed by atoms with E-state index < -0.39 is 0 Å². The van der Waals surface area contributed by atoms with Crippen molar-refractivity contribution in [1.82, 2.24) is 5.48 Å². The maximum atomic E-state index is 13.4. The highest BCUT2D eigenvalue weighted by atomic mass is 19.1. The van der Waals surface area contributed by atoms with E-state index in [-0.39, 0.29) is 12.4 Å². The fraction of sp³-hybridized carbons (Fsp3) is 0.400. The number of ether oxygens (including phenoxy) is 2. The average molecular weight is 215 g/mol. The first-order valence-corrected chi connectivity index (χ1v) is 4.39. The molecule has 0 radical (unpaired) electrons. The molecule has 0 fully saturated rings. The molecule has 5 heteroatoms. The topological polar surface area (TPSA) is 39.7 Å². The van der Waals surface area contributed by atoms with Crippen LogP contribution in [-0.4, -0.2) is 21.3 Å². The van der Waals surface area contributed by atoms with E-state index in [0.717, 1.165) is 0 Å². The second kappa shape index (κ2) is 5.53. The molecule has 1 aromatic carbocycles. The van der Waals surface area contributed by atoms with Gasteiger partial charge in [-0.3, -0.25) is 0 Å². The van der Waals surface area contributed by atoms with Crippen molar-refractivity contribution in [2.45, 2.75) is 6.54 Å². The molecule has 0 saturated heterocycles. The molecule has 4 nitrogen and oxygen atoms in total. The summed E-state index contributed by atoms with van der Waals surface area (Å²) in [7, 11) is 4.44. The van der Waals surface area contributed by atoms with Crippen molar-refractivity contribution in [3.8, 4) is 11.5 Å². The van der Waals surface area contributed by atoms with Gasteiger partial charge in [-0.25, -0.2) is 4.39 Å². The van der Waals surface area contributed by atoms with E-state index in [9.17, 15) is 4.39 Å². The van der Waals surface area contributed by atoms with Crippen LogP contribution in [0.3, 0.4) is 0 Å². The number of benzene rings is 1. The molecule has 0 amide bonds. The normalized spacial score (nSPS) is 10.1. The quantitative estimate of drug-likeness (QED) is 0.755. The standard InChI is InChI=1S/C10H14FNO3/c1-13-9-4-7(6-12-15-3)8(11)5-10(9)14-2/h4-5,12H,6H2,1-3H3. The van der Waals surface area contributed by atoms with Gasteiger partial charge in [0.25, 0.3) is 0 Å². The van der Waals surface area contributed by atoms with Crippen LogP contribution in [-0.2, 0) is 11.4 Å². The highest BCUT2D eigenvalue weighted by molar-refractivity contribution is 5.43. The van der Waals surface area contributed by atoms with Gasteiger partial charge in [0.1, 0.15) is 5.82 Å². The molecule has 0 saturated carbocycles. The lowest BCUT2D eigenvalue weighted by molar-refractivity contribution is 0.0858. The van der Waals surface area contributed by atoms with Gasteiger partial charge in [0.05, 0.1) is 21.3 Å². The van der Waals surface area contributed by atoms with E-state index in [4.69, 9.17) is 9.47 Å². The van der Waals surface area contributed by atoms with Gasteiger partial charge in [-0.05, 0) is 6.07 Å². The molecule has 0 spiro atoms. The highest BCUT2D eigenvalue weighted by Gasteiger charge is 2.10. The van der Waals surface area contributed by atoms with Crippen LogP contribution in [0.15, 0.2) is 12.1 Å². The third-order valence-electron chi connectivity index (χ3n) is 1.96. The Balaban J connectivity index is 2.97. The van der Waals surface area contributed by atoms with Crippen LogP contribution >= 0.6 is 0 Å². The summed E-state index contributed by atoms with van der Waals surface area (Å²) in [5, 5.41) is 0. The number of rotatable bonds is 5. The summed E-state index contributed by atoms with van der Waals surface area (Å²) in [5.74, 6) is 0.500. The number of hydroxylamine groups is 1. The molecule has 0 unspecified atom stereocenters. The van der Waals surface area contributed by atoms with E-state index in [1.165, 1.54) is 27.4 Å². The second-order valence-corrected chi connectivity index (χ2v) is 2.82. The summed E-state index contributed by atoms with van der Waals surface area (Å²) in [4.78, 5) is 4.64. The van der Waals surface area contributed by atoms with E-state index in [1.807, 2.05) is 0 Å². The summed E-state index contributed by atoms with van der Waals surface area (Å²) in [5.41, 5.74) is 3.01. The van der Waals surface area contributed by atoms with Crippen LogP contribution in [0.2, 0.25) is 0 Å². The lowest BCUT2D eigenvalue weighted by atomic mass is 10.2. The lowest BCUT2D eigenvalue weighted by Crippen LogP contribution is -2.12. The first-order valence-electron chi connectivity index (χ1n) is 4.39. The molecular weight excluding hydrogens is 201 g/mol. The van der Waals surface area contributed by atoms with Gasteiger partial charge in [0.15, 0.2) is 11.5 Å². The Morgan fingerprint density at radius 3 is 2.27 bits per heavy atom. The first kappa shape index (κ1) is 11.7. The largest absolute Gasteiger partial charge is 0.493 e. The van der Waals surface area contributed by atoms with Gasteiger partial charge in [-0.1, -0.05) is 0 Å². The van der Waals surface area contributed by atoms with Crippen molar-refractivity contribution in [3.63, 3.8) is 0 Å². The maximum absolute atomic E-state index is 13.4. The summed E-state index contributed by atoms with van der Waals surface area (Å²) >= 11 is 0. The van der Waals surface area contributed by atoms with Crippen LogP contribution in [0.25, 0.3) is 0 Å². The summed E-state index contributed by atoms with van der Waals surface area (Å²) in [6, 6.07) is 2.85. The van der Waals surface area contributed by atoms with Crippen LogP contribution in [0.5, 0.6) is 11.5 Å². The van der Waals surface area contributed by atoms with Crippen molar-refractivity contribution in [2.75, 3.05) is 21.3 Å². The third kappa shape index (κ3) is 2.81. The molecule has 0 aliphatic carbocycles. The van der Waals surface area contributed by atoms with Gasteiger partial charge in [0.2, 0.25) is 0 Å². The first-order chi connectivity index (χ1) is 7.22. The van der Waals surface area contributed by atoms with Gasteiger partial charge >= 0.3 is 0 Å². The Labute approximate surface area is 87.9 Å². The second-order valence-electron chi connectivity index (χ2n) is 2.82. The van der Waals surface area contributed by atoms with Crippen LogP contribution in [0, 0.1) is 5.82 Å². The Morgan fingerprint density at radius 1 is 1.13 bits per heavy atom. The highest BCUT2D eigenvalue weighted by Crippen LogP contribution is 2.29. The van der Waals surface area contributed by atoms with Crippen molar-refractivity contribution < 1.29 is 18.7 Å². The molecule has 0 heterocycles. The van der Waals surface area contributed by atoms with Crippen LogP contribution in [0.4, 0.5) is 4.39 Å². The molecular formula is C10H14FNO3. The number of hydrogen-bond acceptors (Lipinski definition) is 4. The zero-order chi connectivity index (χ0) is 11.3. The zero-order valence-electron chi connectivity index (χ0n) is 8.96. The Bertz CT molecular complexity index is 331. The molecule has 84 valence electrons. The smallest absolute Gasteiger partial charge is 0.163 e. The minimum Gasteiger partial charge on any atom is -0.493 e. The monoisotopic (exact) mass is 215 g/mol. The predicted octanol–water partition coefficient (Wildman–Crippen LogP) is 1.49. The summed E-state index contributed by atoms with van der Waals surface area (Å²) in [6.07, 6.45) is 0. The fourth-order valence-electron chi connectivity index (χ4n) is 1.18. The van der Waals surface area contributed by atoms with Crippen molar-refractivity contribution in [1.29, 1.82) is 0 Å². The van der Waals surface area contributed by atoms with Gasteiger partial charge in [-0.2, -0.15) is 5.48 Å². The summed E-state index contributed by atoms with van der Waals surface area (Å²) < 4.78 is 23.5. The van der Waals surface area contributed by atoms with E-state index in [0.29, 0.717) is 17.1 Å². The number of nitrogens with one attached hydrogen (secondary N) is 1. The number of halogens is 1. The Morgan fingerprint density at radius 2 is 1.73 bits per heavy atom. The molecule has 1 aromatic rings. The van der Waals surface area contributed by atoms with Gasteiger partial charge < -0.3 is 14.3 Å². The molecule has 15 heavy (non-hydrogen) atoms. The molecule has 1 N–H and O–H groups in total. The Kier molecular flexibility index (Phi) is 4.33. The van der Waals surface area contributed by atoms with Crippen molar-refractivity contribution in [3.05, 3.63) is 23.5 Å². The van der Waals surface area contributed by atoms with Crippen molar-refractivity contribution in [2.24, 2.45) is 0 Å². The summed E-state index contributed by atoms with van der Waals surface area (Å²) in [6.45, 7) is 0.267. The van der Waals surface area contributed by atoms with E-state index in [2.05, 4.69) is 10.3 Å². The van der Waals surface area contributed by atoms with E-state index in [1.54, 1.807) is 6.07 Å². The average Bonchev–Trinajstić information content (AvgIpc) is 2.27.